The normalized spacial score (nSPS) is 20.5. The zero-order chi connectivity index (χ0) is 8.77. The van der Waals surface area contributed by atoms with Crippen LogP contribution in [0.1, 0.15) is 31.9 Å². The molecule has 0 atom stereocenters. The van der Waals surface area contributed by atoms with Crippen LogP contribution >= 0.6 is 12.2 Å². The molecule has 66 valence electrons. The van der Waals surface area contributed by atoms with Crippen LogP contribution in [0.5, 0.6) is 0 Å². The summed E-state index contributed by atoms with van der Waals surface area (Å²) in [5.41, 5.74) is 1.56. The van der Waals surface area contributed by atoms with Gasteiger partial charge >= 0.3 is 0 Å². The molecule has 2 nitrogen and oxygen atoms in total. The molecule has 1 fully saturated rings. The molecule has 1 N–H and O–H groups in total. The van der Waals surface area contributed by atoms with E-state index in [4.69, 9.17) is 12.2 Å². The summed E-state index contributed by atoms with van der Waals surface area (Å²) in [5, 5.41) is 0. The van der Waals surface area contributed by atoms with E-state index >= 15 is 0 Å². The van der Waals surface area contributed by atoms with E-state index < -0.39 is 0 Å². The van der Waals surface area contributed by atoms with Crippen molar-refractivity contribution in [2.45, 2.75) is 38.6 Å². The number of hydrogen-bond donors (Lipinski definition) is 1. The fourth-order valence-electron chi connectivity index (χ4n) is 2.04. The average Bonchev–Trinajstić information content (AvgIpc) is 2.27. The highest BCUT2D eigenvalue weighted by atomic mass is 32.1. The molecule has 12 heavy (non-hydrogen) atoms. The Kier molecular flexibility index (Phi) is 1.65. The van der Waals surface area contributed by atoms with Gasteiger partial charge in [-0.2, -0.15) is 0 Å². The zero-order valence-electron chi connectivity index (χ0n) is 7.55. The first-order valence-corrected chi connectivity index (χ1v) is 4.82. The van der Waals surface area contributed by atoms with Crippen LogP contribution in [0.15, 0.2) is 6.20 Å². The molecule has 0 aliphatic heterocycles. The Morgan fingerprint density at radius 1 is 1.58 bits per heavy atom. The highest BCUT2D eigenvalue weighted by molar-refractivity contribution is 7.71. The number of rotatable bonds is 1. The van der Waals surface area contributed by atoms with Gasteiger partial charge in [0.2, 0.25) is 0 Å². The summed E-state index contributed by atoms with van der Waals surface area (Å²) in [5.74, 6) is 0. The molecule has 1 aromatic rings. The standard InChI is InChI=1S/C9H14N2S/c1-7-6-10-8(12)11(7)9(2)4-3-5-9/h6H,3-5H2,1-2H3,(H,10,12). The van der Waals surface area contributed by atoms with Crippen molar-refractivity contribution in [2.24, 2.45) is 0 Å². The van der Waals surface area contributed by atoms with Crippen LogP contribution in [0, 0.1) is 11.7 Å². The third-order valence-corrected chi connectivity index (χ3v) is 3.23. The average molecular weight is 182 g/mol. The van der Waals surface area contributed by atoms with Crippen molar-refractivity contribution in [1.29, 1.82) is 0 Å². The van der Waals surface area contributed by atoms with Crippen molar-refractivity contribution in [3.8, 4) is 0 Å². The van der Waals surface area contributed by atoms with Gasteiger partial charge in [-0.15, -0.1) is 0 Å². The van der Waals surface area contributed by atoms with E-state index in [1.165, 1.54) is 25.0 Å². The fourth-order valence-corrected chi connectivity index (χ4v) is 2.46. The largest absolute Gasteiger partial charge is 0.337 e. The molecule has 0 aromatic carbocycles. The van der Waals surface area contributed by atoms with E-state index in [1.807, 2.05) is 6.20 Å². The molecule has 1 aliphatic carbocycles. The van der Waals surface area contributed by atoms with Crippen molar-refractivity contribution >= 4 is 12.2 Å². The Morgan fingerprint density at radius 2 is 2.25 bits per heavy atom. The van der Waals surface area contributed by atoms with Gasteiger partial charge in [-0.3, -0.25) is 0 Å². The first-order chi connectivity index (χ1) is 5.63. The number of imidazole rings is 1. The molecule has 2 rings (SSSR count). The summed E-state index contributed by atoms with van der Waals surface area (Å²) in [6.07, 6.45) is 5.86. The Morgan fingerprint density at radius 3 is 2.58 bits per heavy atom. The second-order valence-electron chi connectivity index (χ2n) is 3.92. The summed E-state index contributed by atoms with van der Waals surface area (Å²) in [6, 6.07) is 0. The summed E-state index contributed by atoms with van der Waals surface area (Å²) in [7, 11) is 0. The van der Waals surface area contributed by atoms with Crippen molar-refractivity contribution in [3.05, 3.63) is 16.7 Å². The molecule has 1 aliphatic rings. The molecule has 0 spiro atoms. The number of aryl methyl sites for hydroxylation is 1. The quantitative estimate of drug-likeness (QED) is 0.662. The summed E-state index contributed by atoms with van der Waals surface area (Å²) < 4.78 is 3.13. The van der Waals surface area contributed by atoms with Crippen LogP contribution in [0.2, 0.25) is 0 Å². The molecule has 0 saturated heterocycles. The smallest absolute Gasteiger partial charge is 0.177 e. The summed E-state index contributed by atoms with van der Waals surface area (Å²) >= 11 is 5.23. The fraction of sp³-hybridized carbons (Fsp3) is 0.667. The van der Waals surface area contributed by atoms with Crippen molar-refractivity contribution in [1.82, 2.24) is 9.55 Å². The highest BCUT2D eigenvalue weighted by Gasteiger charge is 2.34. The maximum absolute atomic E-state index is 5.23. The number of nitrogens with zero attached hydrogens (tertiary/aromatic N) is 1. The monoisotopic (exact) mass is 182 g/mol. The molecule has 3 heteroatoms. The Hall–Kier alpha value is -0.570. The molecule has 1 saturated carbocycles. The number of H-pyrrole nitrogens is 1. The van der Waals surface area contributed by atoms with Crippen LogP contribution < -0.4 is 0 Å². The van der Waals surface area contributed by atoms with Gasteiger partial charge < -0.3 is 9.55 Å². The highest BCUT2D eigenvalue weighted by Crippen LogP contribution is 2.39. The van der Waals surface area contributed by atoms with Gasteiger partial charge in [-0.05, 0) is 45.3 Å². The number of nitrogens with one attached hydrogen (secondary N) is 1. The molecule has 0 amide bonds. The van der Waals surface area contributed by atoms with Crippen LogP contribution in [0.25, 0.3) is 0 Å². The maximum atomic E-state index is 5.23. The van der Waals surface area contributed by atoms with E-state index in [9.17, 15) is 0 Å². The van der Waals surface area contributed by atoms with Gasteiger partial charge in [0.1, 0.15) is 0 Å². The Balaban J connectivity index is 2.51. The van der Waals surface area contributed by atoms with Crippen LogP contribution in [0.4, 0.5) is 0 Å². The van der Waals surface area contributed by atoms with Crippen molar-refractivity contribution in [3.63, 3.8) is 0 Å². The van der Waals surface area contributed by atoms with E-state index in [2.05, 4.69) is 23.4 Å². The number of aromatic nitrogens is 2. The predicted molar refractivity (Wildman–Crippen MR) is 51.9 cm³/mol. The minimum absolute atomic E-state index is 0.307. The molecular weight excluding hydrogens is 168 g/mol. The predicted octanol–water partition coefficient (Wildman–Crippen LogP) is 2.75. The zero-order valence-corrected chi connectivity index (χ0v) is 8.37. The molecule has 0 radical (unpaired) electrons. The lowest BCUT2D eigenvalue weighted by molar-refractivity contribution is 0.163. The summed E-state index contributed by atoms with van der Waals surface area (Å²) in [4.78, 5) is 3.09. The van der Waals surface area contributed by atoms with Crippen molar-refractivity contribution in [2.75, 3.05) is 0 Å². The molecular formula is C9H14N2S. The van der Waals surface area contributed by atoms with Crippen LogP contribution in [-0.2, 0) is 5.54 Å². The third-order valence-electron chi connectivity index (χ3n) is 2.93. The third kappa shape index (κ3) is 0.959. The topological polar surface area (TPSA) is 20.7 Å². The number of aromatic amines is 1. The van der Waals surface area contributed by atoms with Gasteiger partial charge in [-0.25, -0.2) is 0 Å². The lowest BCUT2D eigenvalue weighted by atomic mass is 9.78. The maximum Gasteiger partial charge on any atom is 0.177 e. The Bertz CT molecular complexity index is 344. The first kappa shape index (κ1) is 8.05. The van der Waals surface area contributed by atoms with E-state index in [0.717, 1.165) is 4.77 Å². The minimum atomic E-state index is 0.307. The molecule has 1 aromatic heterocycles. The van der Waals surface area contributed by atoms with E-state index in [1.54, 1.807) is 0 Å². The van der Waals surface area contributed by atoms with Gasteiger partial charge in [0.15, 0.2) is 4.77 Å². The van der Waals surface area contributed by atoms with E-state index in [-0.39, 0.29) is 0 Å². The van der Waals surface area contributed by atoms with Crippen LogP contribution in [-0.4, -0.2) is 9.55 Å². The number of hydrogen-bond acceptors (Lipinski definition) is 1. The molecule has 1 heterocycles. The SMILES string of the molecule is Cc1c[nH]c(=S)n1C1(C)CCC1. The van der Waals surface area contributed by atoms with Gasteiger partial charge in [-0.1, -0.05) is 0 Å². The Labute approximate surface area is 77.6 Å². The van der Waals surface area contributed by atoms with Crippen molar-refractivity contribution < 1.29 is 0 Å². The van der Waals surface area contributed by atoms with Gasteiger partial charge in [0.05, 0.1) is 0 Å². The van der Waals surface area contributed by atoms with Gasteiger partial charge in [0, 0.05) is 17.4 Å². The summed E-state index contributed by atoms with van der Waals surface area (Å²) in [6.45, 7) is 4.39. The van der Waals surface area contributed by atoms with E-state index in [0.29, 0.717) is 5.54 Å². The van der Waals surface area contributed by atoms with Crippen LogP contribution in [0.3, 0.4) is 0 Å². The lowest BCUT2D eigenvalue weighted by Crippen LogP contribution is -2.37. The lowest BCUT2D eigenvalue weighted by Gasteiger charge is -2.40. The molecule has 0 unspecified atom stereocenters. The molecule has 0 bridgehead atoms. The first-order valence-electron chi connectivity index (χ1n) is 4.41. The van der Waals surface area contributed by atoms with Gasteiger partial charge in [0.25, 0.3) is 0 Å². The minimum Gasteiger partial charge on any atom is -0.337 e. The second-order valence-corrected chi connectivity index (χ2v) is 4.31. The second kappa shape index (κ2) is 2.46.